The quantitative estimate of drug-likeness (QED) is 0.599. The fraction of sp³-hybridized carbons (Fsp3) is 0.211. The highest BCUT2D eigenvalue weighted by atomic mass is 19.1. The number of hydrogen-bond donors (Lipinski definition) is 2. The maximum Gasteiger partial charge on any atom is 0.240 e. The number of rotatable bonds is 7. The van der Waals surface area contributed by atoms with E-state index in [1.165, 1.54) is 24.3 Å². The minimum atomic E-state index is -0.367. The number of amides is 2. The number of carbonyl (C=O) groups excluding carboxylic acids is 2. The minimum Gasteiger partial charge on any atom is -0.326 e. The third-order valence-corrected chi connectivity index (χ3v) is 3.40. The molecule has 5 nitrogen and oxygen atoms in total. The largest absolute Gasteiger partial charge is 0.326 e. The predicted octanol–water partition coefficient (Wildman–Crippen LogP) is 3.28. The molecule has 0 aromatic heterocycles. The molecule has 2 aromatic carbocycles. The summed E-state index contributed by atoms with van der Waals surface area (Å²) in [4.78, 5) is 23.6. The molecule has 25 heavy (non-hydrogen) atoms. The highest BCUT2D eigenvalue weighted by Crippen LogP contribution is 2.08. The van der Waals surface area contributed by atoms with Gasteiger partial charge in [-0.25, -0.2) is 9.82 Å². The number of halogens is 1. The first-order valence-corrected chi connectivity index (χ1v) is 7.94. The summed E-state index contributed by atoms with van der Waals surface area (Å²) in [6, 6.07) is 15.2. The van der Waals surface area contributed by atoms with Crippen LogP contribution in [0.15, 0.2) is 59.7 Å². The highest BCUT2D eigenvalue weighted by molar-refractivity contribution is 6.05. The molecule has 0 spiro atoms. The SMILES string of the molecule is C/C(CC(=O)Nc1ccc(F)cc1)=N\NC(=O)CCc1ccccc1. The molecule has 0 unspecified atom stereocenters. The van der Waals surface area contributed by atoms with E-state index in [4.69, 9.17) is 0 Å². The van der Waals surface area contributed by atoms with Crippen molar-refractivity contribution in [1.29, 1.82) is 0 Å². The van der Waals surface area contributed by atoms with E-state index in [1.54, 1.807) is 6.92 Å². The first kappa shape index (κ1) is 18.3. The molecule has 0 heterocycles. The van der Waals surface area contributed by atoms with Gasteiger partial charge in [0.15, 0.2) is 0 Å². The smallest absolute Gasteiger partial charge is 0.240 e. The molecule has 0 aliphatic heterocycles. The second kappa shape index (κ2) is 9.32. The van der Waals surface area contributed by atoms with Gasteiger partial charge in [0.25, 0.3) is 0 Å². The van der Waals surface area contributed by atoms with Crippen LogP contribution in [0.3, 0.4) is 0 Å². The number of hydrazone groups is 1. The minimum absolute atomic E-state index is 0.0380. The van der Waals surface area contributed by atoms with Gasteiger partial charge in [-0.15, -0.1) is 0 Å². The number of nitrogens with one attached hydrogen (secondary N) is 2. The molecule has 6 heteroatoms. The molecule has 2 rings (SSSR count). The predicted molar refractivity (Wildman–Crippen MR) is 95.7 cm³/mol. The lowest BCUT2D eigenvalue weighted by Gasteiger charge is -2.05. The number of aryl methyl sites for hydroxylation is 1. The van der Waals surface area contributed by atoms with E-state index in [2.05, 4.69) is 15.8 Å². The van der Waals surface area contributed by atoms with Gasteiger partial charge in [-0.3, -0.25) is 9.59 Å². The Labute approximate surface area is 145 Å². The van der Waals surface area contributed by atoms with Crippen LogP contribution in [0.2, 0.25) is 0 Å². The summed E-state index contributed by atoms with van der Waals surface area (Å²) < 4.78 is 12.8. The van der Waals surface area contributed by atoms with Gasteiger partial charge in [-0.2, -0.15) is 5.10 Å². The maximum absolute atomic E-state index is 12.8. The molecule has 2 amide bonds. The number of carbonyl (C=O) groups is 2. The average Bonchev–Trinajstić information content (AvgIpc) is 2.61. The Balaban J connectivity index is 1.73. The van der Waals surface area contributed by atoms with Crippen LogP contribution in [0.1, 0.15) is 25.3 Å². The Kier molecular flexibility index (Phi) is 6.83. The van der Waals surface area contributed by atoms with Crippen LogP contribution < -0.4 is 10.7 Å². The van der Waals surface area contributed by atoms with E-state index in [-0.39, 0.29) is 24.1 Å². The zero-order valence-electron chi connectivity index (χ0n) is 14.0. The molecule has 0 fully saturated rings. The van der Waals surface area contributed by atoms with Crippen molar-refractivity contribution in [3.8, 4) is 0 Å². The van der Waals surface area contributed by atoms with Gasteiger partial charge in [-0.1, -0.05) is 30.3 Å². The summed E-state index contributed by atoms with van der Waals surface area (Å²) >= 11 is 0. The summed E-state index contributed by atoms with van der Waals surface area (Å²) in [6.07, 6.45) is 0.991. The van der Waals surface area contributed by atoms with E-state index in [0.29, 0.717) is 24.2 Å². The molecule has 0 saturated heterocycles. The average molecular weight is 341 g/mol. The zero-order chi connectivity index (χ0) is 18.1. The molecule has 130 valence electrons. The molecule has 0 aliphatic rings. The van der Waals surface area contributed by atoms with Crippen molar-refractivity contribution in [2.24, 2.45) is 5.10 Å². The van der Waals surface area contributed by atoms with Crippen LogP contribution in [0.5, 0.6) is 0 Å². The van der Waals surface area contributed by atoms with Crippen LogP contribution in [0, 0.1) is 5.82 Å². The summed E-state index contributed by atoms with van der Waals surface area (Å²) in [6.45, 7) is 1.65. The molecular weight excluding hydrogens is 321 g/mol. The third-order valence-electron chi connectivity index (χ3n) is 3.40. The van der Waals surface area contributed by atoms with Crippen LogP contribution in [-0.4, -0.2) is 17.5 Å². The first-order chi connectivity index (χ1) is 12.0. The van der Waals surface area contributed by atoms with E-state index >= 15 is 0 Å². The Bertz CT molecular complexity index is 743. The lowest BCUT2D eigenvalue weighted by atomic mass is 10.1. The van der Waals surface area contributed by atoms with Crippen molar-refractivity contribution in [1.82, 2.24) is 5.43 Å². The van der Waals surface area contributed by atoms with Gasteiger partial charge in [0.1, 0.15) is 5.82 Å². The molecule has 2 aromatic rings. The fourth-order valence-electron chi connectivity index (χ4n) is 2.13. The summed E-state index contributed by atoms with van der Waals surface area (Å²) in [5, 5.41) is 6.56. The van der Waals surface area contributed by atoms with Crippen LogP contribution in [0.4, 0.5) is 10.1 Å². The van der Waals surface area contributed by atoms with Gasteiger partial charge < -0.3 is 5.32 Å². The van der Waals surface area contributed by atoms with Crippen molar-refractivity contribution in [2.75, 3.05) is 5.32 Å². The molecule has 0 aliphatic carbocycles. The molecule has 0 bridgehead atoms. The standard InChI is InChI=1S/C19H20FN3O2/c1-14(13-19(25)21-17-10-8-16(20)9-11-17)22-23-18(24)12-7-15-5-3-2-4-6-15/h2-6,8-11H,7,12-13H2,1H3,(H,21,25)(H,23,24)/b22-14+. The van der Waals surface area contributed by atoms with Gasteiger partial charge in [0.05, 0.1) is 6.42 Å². The molecule has 2 N–H and O–H groups in total. The van der Waals surface area contributed by atoms with Gasteiger partial charge >= 0.3 is 0 Å². The highest BCUT2D eigenvalue weighted by Gasteiger charge is 2.06. The number of benzene rings is 2. The molecule has 0 atom stereocenters. The van der Waals surface area contributed by atoms with Gasteiger partial charge in [0, 0.05) is 17.8 Å². The number of anilines is 1. The Hall–Kier alpha value is -3.02. The molecular formula is C19H20FN3O2. The van der Waals surface area contributed by atoms with E-state index < -0.39 is 0 Å². The summed E-state index contributed by atoms with van der Waals surface area (Å²) in [7, 11) is 0. The Morgan fingerprint density at radius 2 is 1.68 bits per heavy atom. The van der Waals surface area contributed by atoms with E-state index in [1.807, 2.05) is 30.3 Å². The van der Waals surface area contributed by atoms with Crippen LogP contribution in [0.25, 0.3) is 0 Å². The Morgan fingerprint density at radius 1 is 1.00 bits per heavy atom. The number of nitrogens with zero attached hydrogens (tertiary/aromatic N) is 1. The number of hydrogen-bond acceptors (Lipinski definition) is 3. The fourth-order valence-corrected chi connectivity index (χ4v) is 2.13. The van der Waals surface area contributed by atoms with Crippen molar-refractivity contribution in [3.05, 3.63) is 66.0 Å². The molecule has 0 radical (unpaired) electrons. The van der Waals surface area contributed by atoms with Crippen molar-refractivity contribution in [3.63, 3.8) is 0 Å². The lowest BCUT2D eigenvalue weighted by molar-refractivity contribution is -0.121. The second-order valence-electron chi connectivity index (χ2n) is 5.60. The summed E-state index contributed by atoms with van der Waals surface area (Å²) in [5.74, 6) is -0.859. The topological polar surface area (TPSA) is 70.6 Å². The van der Waals surface area contributed by atoms with Crippen molar-refractivity contribution >= 4 is 23.2 Å². The van der Waals surface area contributed by atoms with Gasteiger partial charge in [0.2, 0.25) is 11.8 Å². The normalized spacial score (nSPS) is 11.0. The van der Waals surface area contributed by atoms with Crippen LogP contribution >= 0.6 is 0 Å². The monoisotopic (exact) mass is 341 g/mol. The second-order valence-corrected chi connectivity index (χ2v) is 5.60. The summed E-state index contributed by atoms with van der Waals surface area (Å²) in [5.41, 5.74) is 4.51. The zero-order valence-corrected chi connectivity index (χ0v) is 14.0. The van der Waals surface area contributed by atoms with Crippen molar-refractivity contribution < 1.29 is 14.0 Å². The molecule has 0 saturated carbocycles. The third kappa shape index (κ3) is 6.95. The lowest BCUT2D eigenvalue weighted by Crippen LogP contribution is -2.21. The van der Waals surface area contributed by atoms with Crippen LogP contribution in [-0.2, 0) is 16.0 Å². The van der Waals surface area contributed by atoms with E-state index in [9.17, 15) is 14.0 Å². The first-order valence-electron chi connectivity index (χ1n) is 7.94. The van der Waals surface area contributed by atoms with E-state index in [0.717, 1.165) is 5.56 Å². The van der Waals surface area contributed by atoms with Gasteiger partial charge in [-0.05, 0) is 43.2 Å². The van der Waals surface area contributed by atoms with Crippen molar-refractivity contribution in [2.45, 2.75) is 26.2 Å². The maximum atomic E-state index is 12.8. The Morgan fingerprint density at radius 3 is 2.36 bits per heavy atom.